The molecule has 2 aromatic carbocycles. The van der Waals surface area contributed by atoms with Crippen LogP contribution in [0.1, 0.15) is 18.3 Å². The Labute approximate surface area is 166 Å². The first-order valence-corrected chi connectivity index (χ1v) is 9.09. The lowest BCUT2D eigenvalue weighted by molar-refractivity contribution is -0.116. The van der Waals surface area contributed by atoms with Gasteiger partial charge >= 0.3 is 0 Å². The quantitative estimate of drug-likeness (QED) is 0.614. The lowest BCUT2D eigenvalue weighted by Crippen LogP contribution is -2.22. The summed E-state index contributed by atoms with van der Waals surface area (Å²) >= 11 is 0. The number of carbonyl (C=O) groups excluding carboxylic acids is 1. The van der Waals surface area contributed by atoms with Crippen LogP contribution in [0.4, 0.5) is 0 Å². The van der Waals surface area contributed by atoms with Crippen molar-refractivity contribution < 1.29 is 19.0 Å². The van der Waals surface area contributed by atoms with E-state index in [1.807, 2.05) is 49.4 Å². The summed E-state index contributed by atoms with van der Waals surface area (Å²) in [6.07, 6.45) is 3.15. The molecule has 1 aromatic heterocycles. The minimum absolute atomic E-state index is 0.185. The van der Waals surface area contributed by atoms with Crippen LogP contribution < -0.4 is 19.5 Å². The van der Waals surface area contributed by atoms with Gasteiger partial charge in [0.1, 0.15) is 5.75 Å². The van der Waals surface area contributed by atoms with E-state index < -0.39 is 0 Å². The second-order valence-corrected chi connectivity index (χ2v) is 6.10. The van der Waals surface area contributed by atoms with E-state index in [9.17, 15) is 4.79 Å². The molecule has 1 aliphatic heterocycles. The van der Waals surface area contributed by atoms with Crippen molar-refractivity contribution in [2.24, 2.45) is 0 Å². The first-order chi connectivity index (χ1) is 14.2. The number of ether oxygens (including phenoxy) is 3. The van der Waals surface area contributed by atoms with Crippen molar-refractivity contribution in [2.45, 2.75) is 13.5 Å². The molecule has 1 aliphatic rings. The van der Waals surface area contributed by atoms with Crippen LogP contribution in [-0.4, -0.2) is 39.5 Å². The number of nitrogens with zero attached hydrogens (tertiary/aromatic N) is 4. The van der Waals surface area contributed by atoms with E-state index in [1.54, 1.807) is 10.8 Å². The Kier molecular flexibility index (Phi) is 5.37. The van der Waals surface area contributed by atoms with E-state index in [2.05, 4.69) is 20.8 Å². The highest BCUT2D eigenvalue weighted by molar-refractivity contribution is 5.91. The summed E-state index contributed by atoms with van der Waals surface area (Å²) in [5, 5.41) is 14.4. The predicted molar refractivity (Wildman–Crippen MR) is 104 cm³/mol. The van der Waals surface area contributed by atoms with Crippen LogP contribution in [0.5, 0.6) is 17.2 Å². The van der Waals surface area contributed by atoms with Crippen molar-refractivity contribution in [3.63, 3.8) is 0 Å². The number of tetrazole rings is 1. The third-order valence-corrected chi connectivity index (χ3v) is 4.17. The Morgan fingerprint density at radius 3 is 2.86 bits per heavy atom. The molecule has 0 bridgehead atoms. The molecule has 29 heavy (non-hydrogen) atoms. The van der Waals surface area contributed by atoms with Crippen LogP contribution >= 0.6 is 0 Å². The molecular formula is C20H19N5O4. The number of nitrogens with one attached hydrogen (secondary N) is 1. The molecule has 1 amide bonds. The molecule has 1 N–H and O–H groups in total. The van der Waals surface area contributed by atoms with Gasteiger partial charge in [0.05, 0.1) is 18.8 Å². The molecule has 3 aromatic rings. The lowest BCUT2D eigenvalue weighted by atomic mass is 10.2. The van der Waals surface area contributed by atoms with Crippen molar-refractivity contribution in [1.29, 1.82) is 0 Å². The van der Waals surface area contributed by atoms with Gasteiger partial charge in [-0.2, -0.15) is 4.68 Å². The van der Waals surface area contributed by atoms with Gasteiger partial charge in [-0.25, -0.2) is 0 Å². The molecule has 0 spiro atoms. The van der Waals surface area contributed by atoms with E-state index in [0.29, 0.717) is 23.9 Å². The van der Waals surface area contributed by atoms with Gasteiger partial charge in [0, 0.05) is 6.08 Å². The Bertz CT molecular complexity index is 1030. The number of carbonyl (C=O) groups is 1. The van der Waals surface area contributed by atoms with Gasteiger partial charge in [-0.15, -0.1) is 5.10 Å². The van der Waals surface area contributed by atoms with Gasteiger partial charge in [-0.3, -0.25) is 4.79 Å². The molecule has 9 nitrogen and oxygen atoms in total. The summed E-state index contributed by atoms with van der Waals surface area (Å²) in [6, 6.07) is 12.9. The monoisotopic (exact) mass is 393 g/mol. The molecule has 0 saturated heterocycles. The van der Waals surface area contributed by atoms with Gasteiger partial charge in [0.25, 0.3) is 0 Å². The number of hydrogen-bond donors (Lipinski definition) is 1. The van der Waals surface area contributed by atoms with E-state index >= 15 is 0 Å². The maximum atomic E-state index is 12.2. The van der Waals surface area contributed by atoms with Crippen LogP contribution in [0.15, 0.2) is 48.5 Å². The van der Waals surface area contributed by atoms with E-state index in [1.165, 1.54) is 6.08 Å². The minimum Gasteiger partial charge on any atom is -0.494 e. The van der Waals surface area contributed by atoms with E-state index in [-0.39, 0.29) is 19.2 Å². The van der Waals surface area contributed by atoms with Crippen molar-refractivity contribution in [2.75, 3.05) is 13.4 Å². The summed E-state index contributed by atoms with van der Waals surface area (Å²) in [7, 11) is 0. The molecule has 0 saturated carbocycles. The summed E-state index contributed by atoms with van der Waals surface area (Å²) in [4.78, 5) is 12.2. The highest BCUT2D eigenvalue weighted by Gasteiger charge is 2.12. The first kappa shape index (κ1) is 18.5. The largest absolute Gasteiger partial charge is 0.494 e. The maximum absolute atomic E-state index is 12.2. The number of aromatic nitrogens is 4. The standard InChI is InChI=1S/C20H19N5O4/c1-2-27-16-7-5-15(6-8-16)25-19(22-23-24-25)12-21-20(26)10-4-14-3-9-17-18(11-14)29-13-28-17/h3-11H,2,12-13H2,1H3,(H,21,26). The SMILES string of the molecule is CCOc1ccc(-n2nnnc2CNC(=O)C=Cc2ccc3c(c2)OCO3)cc1. The second kappa shape index (κ2) is 8.42. The molecule has 9 heteroatoms. The third-order valence-electron chi connectivity index (χ3n) is 4.17. The topological polar surface area (TPSA) is 100 Å². The van der Waals surface area contributed by atoms with Gasteiger partial charge in [-0.1, -0.05) is 6.07 Å². The summed E-state index contributed by atoms with van der Waals surface area (Å²) in [5.41, 5.74) is 1.61. The average molecular weight is 393 g/mol. The molecule has 0 atom stereocenters. The zero-order valence-electron chi connectivity index (χ0n) is 15.7. The number of hydrogen-bond acceptors (Lipinski definition) is 7. The predicted octanol–water partition coefficient (Wildman–Crippen LogP) is 2.12. The molecule has 0 unspecified atom stereocenters. The summed E-state index contributed by atoms with van der Waals surface area (Å²) in [6.45, 7) is 2.93. The van der Waals surface area contributed by atoms with Gasteiger partial charge in [0.2, 0.25) is 12.7 Å². The lowest BCUT2D eigenvalue weighted by Gasteiger charge is -2.07. The van der Waals surface area contributed by atoms with Gasteiger partial charge in [-0.05, 0) is 65.4 Å². The second-order valence-electron chi connectivity index (χ2n) is 6.10. The van der Waals surface area contributed by atoms with Crippen LogP contribution in [0.25, 0.3) is 11.8 Å². The molecule has 0 aliphatic carbocycles. The summed E-state index contributed by atoms with van der Waals surface area (Å²) in [5.74, 6) is 2.39. The maximum Gasteiger partial charge on any atom is 0.244 e. The van der Waals surface area contributed by atoms with E-state index in [0.717, 1.165) is 17.0 Å². The average Bonchev–Trinajstić information content (AvgIpc) is 3.40. The molecule has 0 fully saturated rings. The fraction of sp³-hybridized carbons (Fsp3) is 0.200. The Morgan fingerprint density at radius 1 is 1.21 bits per heavy atom. The Morgan fingerprint density at radius 2 is 2.03 bits per heavy atom. The van der Waals surface area contributed by atoms with Crippen molar-refractivity contribution in [1.82, 2.24) is 25.5 Å². The Balaban J connectivity index is 1.37. The molecule has 0 radical (unpaired) electrons. The fourth-order valence-electron chi connectivity index (χ4n) is 2.78. The van der Waals surface area contributed by atoms with Crippen LogP contribution in [0.3, 0.4) is 0 Å². The number of benzene rings is 2. The zero-order chi connectivity index (χ0) is 20.1. The third kappa shape index (κ3) is 4.34. The van der Waals surface area contributed by atoms with Crippen LogP contribution in [0.2, 0.25) is 0 Å². The number of fused-ring (bicyclic) bond motifs is 1. The van der Waals surface area contributed by atoms with Crippen LogP contribution in [-0.2, 0) is 11.3 Å². The highest BCUT2D eigenvalue weighted by Crippen LogP contribution is 2.32. The first-order valence-electron chi connectivity index (χ1n) is 9.09. The zero-order valence-corrected chi connectivity index (χ0v) is 15.7. The highest BCUT2D eigenvalue weighted by atomic mass is 16.7. The number of amides is 1. The smallest absolute Gasteiger partial charge is 0.244 e. The summed E-state index contributed by atoms with van der Waals surface area (Å²) < 4.78 is 17.6. The van der Waals surface area contributed by atoms with Crippen molar-refractivity contribution in [3.8, 4) is 22.9 Å². The van der Waals surface area contributed by atoms with Crippen LogP contribution in [0, 0.1) is 0 Å². The van der Waals surface area contributed by atoms with E-state index in [4.69, 9.17) is 14.2 Å². The molecule has 148 valence electrons. The van der Waals surface area contributed by atoms with Gasteiger partial charge < -0.3 is 19.5 Å². The molecule has 2 heterocycles. The Hall–Kier alpha value is -3.88. The number of rotatable bonds is 7. The molecular weight excluding hydrogens is 374 g/mol. The minimum atomic E-state index is -0.260. The van der Waals surface area contributed by atoms with Crippen molar-refractivity contribution in [3.05, 3.63) is 59.9 Å². The fourth-order valence-corrected chi connectivity index (χ4v) is 2.78. The molecule has 4 rings (SSSR count). The normalized spacial score (nSPS) is 12.3. The van der Waals surface area contributed by atoms with Gasteiger partial charge in [0.15, 0.2) is 17.3 Å². The van der Waals surface area contributed by atoms with Crippen molar-refractivity contribution >= 4 is 12.0 Å².